The molecule has 0 aromatic carbocycles. The van der Waals surface area contributed by atoms with Gasteiger partial charge in [0.15, 0.2) is 0 Å². The quantitative estimate of drug-likeness (QED) is 0.784. The van der Waals surface area contributed by atoms with E-state index in [-0.39, 0.29) is 5.41 Å². The van der Waals surface area contributed by atoms with E-state index in [1.54, 1.807) is 0 Å². The standard InChI is InChI=1S/C14H24F3N3/c1-13(2,5-3-6-18)10-19-8-12-4-7-20(9-12)11-14(15,16)17/h12,19H,3-5,7-11H2,1-2H3. The summed E-state index contributed by atoms with van der Waals surface area (Å²) in [6, 6.07) is 2.14. The lowest BCUT2D eigenvalue weighted by Gasteiger charge is -2.25. The summed E-state index contributed by atoms with van der Waals surface area (Å²) in [7, 11) is 0. The van der Waals surface area contributed by atoms with Crippen LogP contribution in [0.4, 0.5) is 13.2 Å². The fraction of sp³-hybridized carbons (Fsp3) is 0.929. The SMILES string of the molecule is CC(C)(CCC#N)CNCC1CCN(CC(F)(F)F)C1. The third-order valence-electron chi connectivity index (χ3n) is 3.72. The number of nitrogens with one attached hydrogen (secondary N) is 1. The van der Waals surface area contributed by atoms with Crippen molar-refractivity contribution in [1.29, 1.82) is 5.26 Å². The highest BCUT2D eigenvalue weighted by atomic mass is 19.4. The first-order valence-corrected chi connectivity index (χ1v) is 7.09. The van der Waals surface area contributed by atoms with E-state index in [2.05, 4.69) is 25.2 Å². The van der Waals surface area contributed by atoms with Gasteiger partial charge < -0.3 is 5.32 Å². The number of hydrogen-bond donors (Lipinski definition) is 1. The fourth-order valence-corrected chi connectivity index (χ4v) is 2.57. The summed E-state index contributed by atoms with van der Waals surface area (Å²) in [5.41, 5.74) is 0.0555. The molecule has 1 heterocycles. The van der Waals surface area contributed by atoms with Gasteiger partial charge in [0.05, 0.1) is 12.6 Å². The summed E-state index contributed by atoms with van der Waals surface area (Å²) in [6.45, 7) is 6.00. The second-order valence-corrected chi connectivity index (χ2v) is 6.46. The van der Waals surface area contributed by atoms with Crippen LogP contribution in [0.25, 0.3) is 0 Å². The minimum absolute atomic E-state index is 0.0555. The normalized spacial score (nSPS) is 21.1. The van der Waals surface area contributed by atoms with Crippen LogP contribution in [0.1, 0.15) is 33.1 Å². The van der Waals surface area contributed by atoms with E-state index in [4.69, 9.17) is 5.26 Å². The van der Waals surface area contributed by atoms with Crippen molar-refractivity contribution in [3.05, 3.63) is 0 Å². The van der Waals surface area contributed by atoms with Gasteiger partial charge in [0.1, 0.15) is 0 Å². The topological polar surface area (TPSA) is 39.1 Å². The van der Waals surface area contributed by atoms with Crippen LogP contribution in [0, 0.1) is 22.7 Å². The van der Waals surface area contributed by atoms with E-state index in [1.807, 2.05) is 0 Å². The van der Waals surface area contributed by atoms with Gasteiger partial charge in [-0.15, -0.1) is 0 Å². The van der Waals surface area contributed by atoms with E-state index in [0.29, 0.717) is 25.4 Å². The molecule has 1 saturated heterocycles. The summed E-state index contributed by atoms with van der Waals surface area (Å²) in [5, 5.41) is 11.9. The zero-order valence-corrected chi connectivity index (χ0v) is 12.3. The molecule has 1 aliphatic heterocycles. The van der Waals surface area contributed by atoms with Gasteiger partial charge in [-0.25, -0.2) is 0 Å². The van der Waals surface area contributed by atoms with Crippen molar-refractivity contribution in [2.45, 2.75) is 39.3 Å². The Bertz CT molecular complexity index is 334. The Hall–Kier alpha value is -0.800. The molecule has 6 heteroatoms. The maximum absolute atomic E-state index is 12.3. The van der Waals surface area contributed by atoms with Gasteiger partial charge in [-0.05, 0) is 37.3 Å². The van der Waals surface area contributed by atoms with Crippen molar-refractivity contribution in [3.8, 4) is 6.07 Å². The van der Waals surface area contributed by atoms with Crippen LogP contribution in [0.5, 0.6) is 0 Å². The van der Waals surface area contributed by atoms with E-state index in [1.165, 1.54) is 4.90 Å². The molecule has 1 aliphatic rings. The highest BCUT2D eigenvalue weighted by Crippen LogP contribution is 2.23. The van der Waals surface area contributed by atoms with Crippen molar-refractivity contribution in [1.82, 2.24) is 10.2 Å². The molecule has 0 radical (unpaired) electrons. The third-order valence-corrected chi connectivity index (χ3v) is 3.72. The predicted octanol–water partition coefficient (Wildman–Crippen LogP) is 2.79. The molecule has 0 aromatic heterocycles. The van der Waals surface area contributed by atoms with E-state index in [0.717, 1.165) is 25.9 Å². The Morgan fingerprint density at radius 1 is 1.35 bits per heavy atom. The van der Waals surface area contributed by atoms with E-state index < -0.39 is 12.7 Å². The van der Waals surface area contributed by atoms with Crippen molar-refractivity contribution in [2.75, 3.05) is 32.7 Å². The molecule has 1 rings (SSSR count). The van der Waals surface area contributed by atoms with Crippen LogP contribution in [0.15, 0.2) is 0 Å². The molecule has 116 valence electrons. The van der Waals surface area contributed by atoms with Gasteiger partial charge in [-0.1, -0.05) is 13.8 Å². The number of alkyl halides is 3. The molecule has 0 saturated carbocycles. The Balaban J connectivity index is 2.20. The maximum atomic E-state index is 12.3. The van der Waals surface area contributed by atoms with Crippen LogP contribution < -0.4 is 5.32 Å². The van der Waals surface area contributed by atoms with Gasteiger partial charge in [0.25, 0.3) is 0 Å². The minimum Gasteiger partial charge on any atom is -0.316 e. The smallest absolute Gasteiger partial charge is 0.316 e. The average molecular weight is 291 g/mol. The van der Waals surface area contributed by atoms with Crippen molar-refractivity contribution in [3.63, 3.8) is 0 Å². The first-order chi connectivity index (χ1) is 9.22. The van der Waals surface area contributed by atoms with Gasteiger partial charge >= 0.3 is 6.18 Å². The molecule has 0 spiro atoms. The summed E-state index contributed by atoms with van der Waals surface area (Å²) < 4.78 is 36.8. The van der Waals surface area contributed by atoms with Crippen LogP contribution in [0.2, 0.25) is 0 Å². The molecule has 1 unspecified atom stereocenters. The average Bonchev–Trinajstić information content (AvgIpc) is 2.71. The molecule has 1 atom stereocenters. The Morgan fingerprint density at radius 3 is 2.65 bits per heavy atom. The third kappa shape index (κ3) is 7.11. The predicted molar refractivity (Wildman–Crippen MR) is 72.1 cm³/mol. The van der Waals surface area contributed by atoms with Gasteiger partial charge in [-0.2, -0.15) is 18.4 Å². The summed E-state index contributed by atoms with van der Waals surface area (Å²) in [5.74, 6) is 0.295. The van der Waals surface area contributed by atoms with Gasteiger partial charge in [0.2, 0.25) is 0 Å². The minimum atomic E-state index is -4.10. The molecule has 1 N–H and O–H groups in total. The van der Waals surface area contributed by atoms with Crippen LogP contribution in [-0.2, 0) is 0 Å². The number of rotatable bonds is 7. The zero-order chi connectivity index (χ0) is 15.2. The number of halogens is 3. The van der Waals surface area contributed by atoms with Crippen molar-refractivity contribution >= 4 is 0 Å². The monoisotopic (exact) mass is 291 g/mol. The number of nitriles is 1. The molecular weight excluding hydrogens is 267 g/mol. The van der Waals surface area contributed by atoms with E-state index in [9.17, 15) is 13.2 Å². The molecule has 0 amide bonds. The maximum Gasteiger partial charge on any atom is 0.401 e. The lowest BCUT2D eigenvalue weighted by molar-refractivity contribution is -0.143. The molecule has 1 fully saturated rings. The molecule has 0 aliphatic carbocycles. The first kappa shape index (κ1) is 17.3. The fourth-order valence-electron chi connectivity index (χ4n) is 2.57. The van der Waals surface area contributed by atoms with Crippen LogP contribution in [0.3, 0.4) is 0 Å². The van der Waals surface area contributed by atoms with Gasteiger partial charge in [0, 0.05) is 19.5 Å². The molecule has 20 heavy (non-hydrogen) atoms. The summed E-state index contributed by atoms with van der Waals surface area (Å²) in [4.78, 5) is 1.48. The first-order valence-electron chi connectivity index (χ1n) is 7.09. The highest BCUT2D eigenvalue weighted by molar-refractivity contribution is 4.82. The highest BCUT2D eigenvalue weighted by Gasteiger charge is 2.34. The van der Waals surface area contributed by atoms with Crippen LogP contribution in [-0.4, -0.2) is 43.8 Å². The Labute approximate surface area is 119 Å². The summed E-state index contributed by atoms with van der Waals surface area (Å²) >= 11 is 0. The summed E-state index contributed by atoms with van der Waals surface area (Å²) in [6.07, 6.45) is -1.90. The number of nitrogens with zero attached hydrogens (tertiary/aromatic N) is 2. The second-order valence-electron chi connectivity index (χ2n) is 6.46. The molecule has 0 aromatic rings. The zero-order valence-electron chi connectivity index (χ0n) is 12.3. The molecular formula is C14H24F3N3. The lowest BCUT2D eigenvalue weighted by atomic mass is 9.88. The number of hydrogen-bond acceptors (Lipinski definition) is 3. The van der Waals surface area contributed by atoms with Crippen LogP contribution >= 0.6 is 0 Å². The Morgan fingerprint density at radius 2 is 2.05 bits per heavy atom. The van der Waals surface area contributed by atoms with E-state index >= 15 is 0 Å². The second kappa shape index (κ2) is 7.28. The molecule has 3 nitrogen and oxygen atoms in total. The Kier molecular flexibility index (Phi) is 6.28. The van der Waals surface area contributed by atoms with Crippen molar-refractivity contribution in [2.24, 2.45) is 11.3 Å². The number of likely N-dealkylation sites (tertiary alicyclic amines) is 1. The largest absolute Gasteiger partial charge is 0.401 e. The van der Waals surface area contributed by atoms with Crippen molar-refractivity contribution < 1.29 is 13.2 Å². The van der Waals surface area contributed by atoms with Gasteiger partial charge in [-0.3, -0.25) is 4.90 Å². The lowest BCUT2D eigenvalue weighted by Crippen LogP contribution is -2.35. The molecule has 0 bridgehead atoms.